The third kappa shape index (κ3) is 9.33. The monoisotopic (exact) mass is 352 g/mol. The molecule has 1 aliphatic heterocycles. The van der Waals surface area contributed by atoms with Crippen LogP contribution in [-0.4, -0.2) is 64.0 Å². The van der Waals surface area contributed by atoms with Gasteiger partial charge in [-0.3, -0.25) is 0 Å². The summed E-state index contributed by atoms with van der Waals surface area (Å²) < 4.78 is 5.61. The zero-order chi connectivity index (χ0) is 17.7. The average molecular weight is 352 g/mol. The Bertz CT molecular complexity index is 267. The van der Waals surface area contributed by atoms with E-state index in [1.165, 1.54) is 44.9 Å². The van der Waals surface area contributed by atoms with Crippen molar-refractivity contribution in [3.8, 4) is 0 Å². The van der Waals surface area contributed by atoms with Gasteiger partial charge >= 0.3 is 0 Å². The molecule has 0 aromatic rings. The predicted octanol–water partition coefficient (Wildman–Crippen LogP) is 2.24. The molecule has 0 aliphatic carbocycles. The third-order valence-electron chi connectivity index (χ3n) is 4.23. The molecule has 5 nitrogen and oxygen atoms in total. The molecule has 0 aromatic carbocycles. The van der Waals surface area contributed by atoms with Crippen molar-refractivity contribution in [1.82, 2.24) is 0 Å². The summed E-state index contributed by atoms with van der Waals surface area (Å²) in [6, 6.07) is 0. The maximum atomic E-state index is 9.92. The molecule has 0 bridgehead atoms. The summed E-state index contributed by atoms with van der Waals surface area (Å²) in [6.07, 6.45) is 7.99. The first kappa shape index (κ1) is 23.2. The second-order valence-corrected chi connectivity index (χ2v) is 7.64. The first-order chi connectivity index (χ1) is 11.1. The van der Waals surface area contributed by atoms with E-state index in [2.05, 4.69) is 6.92 Å². The van der Waals surface area contributed by atoms with Crippen molar-refractivity contribution < 1.29 is 25.2 Å². The number of hydrogen-bond acceptors (Lipinski definition) is 5. The van der Waals surface area contributed by atoms with Gasteiger partial charge in [-0.25, -0.2) is 0 Å². The Morgan fingerprint density at radius 2 is 1.30 bits per heavy atom. The second-order valence-electron chi connectivity index (χ2n) is 6.16. The molecule has 0 saturated carbocycles. The molecule has 0 amide bonds. The standard InChI is InChI=1S/C16H33O4P.CH4O/c1-3-4-5-6-7-8-9-10-11-21-16-15(19)14(18)13(17)12(2)20-16;1-2/h12-19,21H,3-11H2,1-2H3;2H,1H3/t12-,13?,14+,15?,16?;/m1./s1. The van der Waals surface area contributed by atoms with Gasteiger partial charge < -0.3 is 25.2 Å². The third-order valence-corrected chi connectivity index (χ3v) is 5.75. The molecule has 1 fully saturated rings. The summed E-state index contributed by atoms with van der Waals surface area (Å²) in [6.45, 7) is 3.98. The van der Waals surface area contributed by atoms with Gasteiger partial charge in [0.15, 0.2) is 0 Å². The topological polar surface area (TPSA) is 90.2 Å². The van der Waals surface area contributed by atoms with E-state index < -0.39 is 24.4 Å². The van der Waals surface area contributed by atoms with Crippen LogP contribution in [0.2, 0.25) is 0 Å². The molecule has 6 heteroatoms. The normalized spacial score (nSPS) is 31.2. The van der Waals surface area contributed by atoms with Crippen molar-refractivity contribution in [2.45, 2.75) is 95.5 Å². The number of hydrogen-bond donors (Lipinski definition) is 4. The van der Waals surface area contributed by atoms with Crippen molar-refractivity contribution in [3.63, 3.8) is 0 Å². The number of aliphatic hydroxyl groups is 4. The Labute approximate surface area is 143 Å². The zero-order valence-corrected chi connectivity index (χ0v) is 15.9. The van der Waals surface area contributed by atoms with Crippen LogP contribution >= 0.6 is 8.58 Å². The average Bonchev–Trinajstić information content (AvgIpc) is 2.57. The molecular weight excluding hydrogens is 315 g/mol. The highest BCUT2D eigenvalue weighted by molar-refractivity contribution is 7.38. The highest BCUT2D eigenvalue weighted by atomic mass is 31.1. The Morgan fingerprint density at radius 3 is 1.87 bits per heavy atom. The highest BCUT2D eigenvalue weighted by Crippen LogP contribution is 2.33. The van der Waals surface area contributed by atoms with Crippen molar-refractivity contribution in [2.75, 3.05) is 13.3 Å². The van der Waals surface area contributed by atoms with Crippen molar-refractivity contribution in [1.29, 1.82) is 0 Å². The lowest BCUT2D eigenvalue weighted by Gasteiger charge is -2.39. The Kier molecular flexibility index (Phi) is 14.7. The van der Waals surface area contributed by atoms with Crippen LogP contribution in [-0.2, 0) is 4.74 Å². The van der Waals surface area contributed by atoms with E-state index in [4.69, 9.17) is 9.84 Å². The van der Waals surface area contributed by atoms with Crippen LogP contribution in [0.15, 0.2) is 0 Å². The van der Waals surface area contributed by atoms with Gasteiger partial charge in [-0.2, -0.15) is 0 Å². The number of ether oxygens (including phenoxy) is 1. The summed E-state index contributed by atoms with van der Waals surface area (Å²) in [5, 5.41) is 36.3. The van der Waals surface area contributed by atoms with Crippen LogP contribution in [0.25, 0.3) is 0 Å². The lowest BCUT2D eigenvalue weighted by Crippen LogP contribution is -2.55. The van der Waals surface area contributed by atoms with Gasteiger partial charge in [0.05, 0.1) is 6.10 Å². The van der Waals surface area contributed by atoms with E-state index in [0.29, 0.717) is 8.58 Å². The fraction of sp³-hybridized carbons (Fsp3) is 1.00. The Hall–Kier alpha value is 0.230. The van der Waals surface area contributed by atoms with Gasteiger partial charge in [0.25, 0.3) is 0 Å². The number of aliphatic hydroxyl groups excluding tert-OH is 4. The molecule has 6 atom stereocenters. The van der Waals surface area contributed by atoms with Crippen molar-refractivity contribution in [2.24, 2.45) is 0 Å². The van der Waals surface area contributed by atoms with Gasteiger partial charge in [0.2, 0.25) is 0 Å². The summed E-state index contributed by atoms with van der Waals surface area (Å²) in [4.78, 5) is 0. The minimum Gasteiger partial charge on any atom is -0.400 e. The lowest BCUT2D eigenvalue weighted by atomic mass is 10.0. The molecule has 1 heterocycles. The first-order valence-electron chi connectivity index (χ1n) is 8.95. The predicted molar refractivity (Wildman–Crippen MR) is 96.3 cm³/mol. The van der Waals surface area contributed by atoms with E-state index in [0.717, 1.165) is 19.7 Å². The van der Waals surface area contributed by atoms with Crippen LogP contribution < -0.4 is 0 Å². The van der Waals surface area contributed by atoms with Crippen LogP contribution in [0.1, 0.15) is 65.2 Å². The van der Waals surface area contributed by atoms with Crippen molar-refractivity contribution >= 4 is 8.58 Å². The first-order valence-corrected chi connectivity index (χ1v) is 10.2. The highest BCUT2D eigenvalue weighted by Gasteiger charge is 2.41. The van der Waals surface area contributed by atoms with Gasteiger partial charge in [-0.1, -0.05) is 60.5 Å². The van der Waals surface area contributed by atoms with E-state index >= 15 is 0 Å². The molecule has 4 N–H and O–H groups in total. The Morgan fingerprint density at radius 1 is 0.783 bits per heavy atom. The largest absolute Gasteiger partial charge is 0.400 e. The molecular formula is C17H37O5P. The van der Waals surface area contributed by atoms with Crippen LogP contribution in [0.4, 0.5) is 0 Å². The molecule has 0 radical (unpaired) electrons. The second kappa shape index (κ2) is 14.6. The van der Waals surface area contributed by atoms with Crippen molar-refractivity contribution in [3.05, 3.63) is 0 Å². The zero-order valence-electron chi connectivity index (χ0n) is 14.9. The van der Waals surface area contributed by atoms with Gasteiger partial charge in [0.1, 0.15) is 24.2 Å². The summed E-state index contributed by atoms with van der Waals surface area (Å²) in [5.41, 5.74) is 0. The summed E-state index contributed by atoms with van der Waals surface area (Å²) in [5.74, 6) is -0.317. The minimum absolute atomic E-state index is 0.317. The molecule has 0 spiro atoms. The number of unbranched alkanes of at least 4 members (excludes halogenated alkanes) is 7. The maximum absolute atomic E-state index is 9.92. The summed E-state index contributed by atoms with van der Waals surface area (Å²) in [7, 11) is 1.49. The van der Waals surface area contributed by atoms with Crippen LogP contribution in [0.5, 0.6) is 0 Å². The van der Waals surface area contributed by atoms with Gasteiger partial charge in [-0.15, -0.1) is 0 Å². The number of rotatable bonds is 10. The van der Waals surface area contributed by atoms with Crippen LogP contribution in [0.3, 0.4) is 0 Å². The van der Waals surface area contributed by atoms with E-state index in [-0.39, 0.29) is 5.85 Å². The van der Waals surface area contributed by atoms with E-state index in [1.54, 1.807) is 6.92 Å². The molecule has 23 heavy (non-hydrogen) atoms. The SMILES string of the molecule is CCCCCCCCCCPC1O[C@H](C)C(O)[C@H](O)C1O.CO. The molecule has 4 unspecified atom stereocenters. The van der Waals surface area contributed by atoms with Gasteiger partial charge in [-0.05, 0) is 19.5 Å². The summed E-state index contributed by atoms with van der Waals surface area (Å²) >= 11 is 0. The maximum Gasteiger partial charge on any atom is 0.112 e. The minimum atomic E-state index is -1.08. The molecule has 1 rings (SSSR count). The fourth-order valence-electron chi connectivity index (χ4n) is 2.72. The van der Waals surface area contributed by atoms with Gasteiger partial charge in [0, 0.05) is 7.11 Å². The van der Waals surface area contributed by atoms with E-state index in [9.17, 15) is 15.3 Å². The smallest absolute Gasteiger partial charge is 0.112 e. The molecule has 0 aromatic heterocycles. The fourth-order valence-corrected chi connectivity index (χ4v) is 4.21. The van der Waals surface area contributed by atoms with E-state index in [1.807, 2.05) is 0 Å². The molecule has 1 aliphatic rings. The molecule has 1 saturated heterocycles. The Balaban J connectivity index is 0.00000232. The van der Waals surface area contributed by atoms with Crippen LogP contribution in [0, 0.1) is 0 Å². The molecule has 140 valence electrons. The quantitative estimate of drug-likeness (QED) is 0.358. The lowest BCUT2D eigenvalue weighted by molar-refractivity contribution is -0.193.